The van der Waals surface area contributed by atoms with Gasteiger partial charge in [0, 0.05) is 11.9 Å². The fourth-order valence-electron chi connectivity index (χ4n) is 2.21. The molecule has 0 unspecified atom stereocenters. The van der Waals surface area contributed by atoms with Crippen molar-refractivity contribution in [2.24, 2.45) is 0 Å². The minimum atomic E-state index is -0.389. The summed E-state index contributed by atoms with van der Waals surface area (Å²) in [6, 6.07) is 9.02. The normalized spacial score (nSPS) is 10.8. The van der Waals surface area contributed by atoms with E-state index in [1.165, 1.54) is 0 Å². The van der Waals surface area contributed by atoms with Gasteiger partial charge >= 0.3 is 5.97 Å². The molecule has 1 heterocycles. The maximum Gasteiger partial charge on any atom is 0.338 e. The fraction of sp³-hybridized carbons (Fsp3) is 0.375. The van der Waals surface area contributed by atoms with E-state index < -0.39 is 0 Å². The van der Waals surface area contributed by atoms with E-state index in [0.29, 0.717) is 17.3 Å². The first-order valence-electron chi connectivity index (χ1n) is 7.20. The van der Waals surface area contributed by atoms with Crippen molar-refractivity contribution in [2.75, 3.05) is 5.73 Å². The van der Waals surface area contributed by atoms with Crippen molar-refractivity contribution >= 4 is 11.7 Å². The molecule has 2 aromatic rings. The van der Waals surface area contributed by atoms with Crippen molar-refractivity contribution in [3.05, 3.63) is 47.8 Å². The topological polar surface area (TPSA) is 70.1 Å². The largest absolute Gasteiger partial charge is 0.456 e. The molecule has 0 atom stereocenters. The minimum absolute atomic E-state index is 0.167. The van der Waals surface area contributed by atoms with E-state index in [2.05, 4.69) is 18.9 Å². The van der Waals surface area contributed by atoms with Crippen LogP contribution in [0.5, 0.6) is 0 Å². The van der Waals surface area contributed by atoms with E-state index in [4.69, 9.17) is 10.5 Å². The number of carbonyl (C=O) groups excluding carboxylic acids is 1. The average Bonchev–Trinajstić information content (AvgIpc) is 2.95. The number of rotatable bonds is 6. The van der Waals surface area contributed by atoms with Gasteiger partial charge in [-0.05, 0) is 37.1 Å². The van der Waals surface area contributed by atoms with E-state index in [1.54, 1.807) is 24.3 Å². The molecule has 21 heavy (non-hydrogen) atoms. The number of anilines is 1. The Balaban J connectivity index is 1.95. The zero-order chi connectivity index (χ0) is 15.2. The van der Waals surface area contributed by atoms with Gasteiger partial charge in [-0.15, -0.1) is 0 Å². The number of esters is 1. The van der Waals surface area contributed by atoms with Gasteiger partial charge in [0.1, 0.15) is 6.61 Å². The molecule has 0 aliphatic rings. The summed E-state index contributed by atoms with van der Waals surface area (Å²) in [4.78, 5) is 11.9. The second-order valence-corrected chi connectivity index (χ2v) is 4.96. The Labute approximate surface area is 124 Å². The first-order chi connectivity index (χ1) is 10.1. The van der Waals surface area contributed by atoms with Gasteiger partial charge in [0.05, 0.1) is 17.3 Å². The lowest BCUT2D eigenvalue weighted by molar-refractivity contribution is 0.0466. The van der Waals surface area contributed by atoms with Crippen LogP contribution in [-0.2, 0) is 11.3 Å². The Morgan fingerprint density at radius 3 is 2.76 bits per heavy atom. The summed E-state index contributed by atoms with van der Waals surface area (Å²) < 4.78 is 7.19. The van der Waals surface area contributed by atoms with Crippen LogP contribution >= 0.6 is 0 Å². The standard InChI is InChI=1S/C16H21N3O2/c1-3-15(4-2)19-9-8-14(18-19)11-21-16(20)12-6-5-7-13(17)10-12/h5-10,15H,3-4,11,17H2,1-2H3. The summed E-state index contributed by atoms with van der Waals surface area (Å²) in [6.45, 7) is 4.44. The van der Waals surface area contributed by atoms with Gasteiger partial charge in [-0.2, -0.15) is 5.10 Å². The molecule has 5 nitrogen and oxygen atoms in total. The molecular weight excluding hydrogens is 266 g/mol. The average molecular weight is 287 g/mol. The first kappa shape index (κ1) is 15.1. The van der Waals surface area contributed by atoms with Gasteiger partial charge in [0.25, 0.3) is 0 Å². The van der Waals surface area contributed by atoms with Gasteiger partial charge in [-0.1, -0.05) is 19.9 Å². The third-order valence-electron chi connectivity index (χ3n) is 3.45. The van der Waals surface area contributed by atoms with Crippen molar-refractivity contribution in [2.45, 2.75) is 39.3 Å². The highest BCUT2D eigenvalue weighted by Crippen LogP contribution is 2.15. The molecule has 0 radical (unpaired) electrons. The number of nitrogen functional groups attached to an aromatic ring is 1. The van der Waals surface area contributed by atoms with Crippen LogP contribution in [0.1, 0.15) is 48.8 Å². The van der Waals surface area contributed by atoms with E-state index in [9.17, 15) is 4.79 Å². The van der Waals surface area contributed by atoms with Crippen molar-refractivity contribution < 1.29 is 9.53 Å². The molecule has 2 rings (SSSR count). The van der Waals surface area contributed by atoms with Gasteiger partial charge < -0.3 is 10.5 Å². The fourth-order valence-corrected chi connectivity index (χ4v) is 2.21. The molecule has 0 aliphatic heterocycles. The Hall–Kier alpha value is -2.30. The smallest absolute Gasteiger partial charge is 0.338 e. The van der Waals surface area contributed by atoms with Gasteiger partial charge in [0.15, 0.2) is 0 Å². The van der Waals surface area contributed by atoms with Crippen molar-refractivity contribution in [1.29, 1.82) is 0 Å². The molecule has 0 aliphatic carbocycles. The zero-order valence-corrected chi connectivity index (χ0v) is 12.5. The number of nitrogens with two attached hydrogens (primary N) is 1. The number of benzene rings is 1. The van der Waals surface area contributed by atoms with Crippen LogP contribution < -0.4 is 5.73 Å². The Morgan fingerprint density at radius 1 is 1.33 bits per heavy atom. The molecule has 1 aromatic carbocycles. The number of aromatic nitrogens is 2. The molecule has 2 N–H and O–H groups in total. The predicted molar refractivity (Wildman–Crippen MR) is 81.8 cm³/mol. The molecule has 0 fully saturated rings. The van der Waals surface area contributed by atoms with Gasteiger partial charge in [-0.3, -0.25) is 4.68 Å². The van der Waals surface area contributed by atoms with E-state index in [1.807, 2.05) is 16.9 Å². The van der Waals surface area contributed by atoms with Gasteiger partial charge in [0.2, 0.25) is 0 Å². The molecule has 0 saturated heterocycles. The highest BCUT2D eigenvalue weighted by atomic mass is 16.5. The molecule has 5 heteroatoms. The van der Waals surface area contributed by atoms with Crippen LogP contribution in [0.15, 0.2) is 36.5 Å². The molecular formula is C16H21N3O2. The third kappa shape index (κ3) is 3.84. The minimum Gasteiger partial charge on any atom is -0.456 e. The van der Waals surface area contributed by atoms with Crippen LogP contribution in [0.25, 0.3) is 0 Å². The van der Waals surface area contributed by atoms with Crippen molar-refractivity contribution in [3.63, 3.8) is 0 Å². The number of ether oxygens (including phenoxy) is 1. The Morgan fingerprint density at radius 2 is 2.10 bits per heavy atom. The predicted octanol–water partition coefficient (Wildman–Crippen LogP) is 3.18. The number of nitrogens with zero attached hydrogens (tertiary/aromatic N) is 2. The molecule has 0 saturated carbocycles. The second kappa shape index (κ2) is 6.92. The molecule has 1 aromatic heterocycles. The molecule has 0 spiro atoms. The summed E-state index contributed by atoms with van der Waals surface area (Å²) in [5.41, 5.74) is 7.39. The van der Waals surface area contributed by atoms with Crippen molar-refractivity contribution in [3.8, 4) is 0 Å². The van der Waals surface area contributed by atoms with Crippen LogP contribution in [-0.4, -0.2) is 15.7 Å². The maximum absolute atomic E-state index is 11.9. The first-order valence-corrected chi connectivity index (χ1v) is 7.20. The number of hydrogen-bond donors (Lipinski definition) is 1. The quantitative estimate of drug-likeness (QED) is 0.654. The lowest BCUT2D eigenvalue weighted by Gasteiger charge is -2.12. The van der Waals surface area contributed by atoms with Gasteiger partial charge in [-0.25, -0.2) is 4.79 Å². The van der Waals surface area contributed by atoms with Crippen molar-refractivity contribution in [1.82, 2.24) is 9.78 Å². The lowest BCUT2D eigenvalue weighted by Crippen LogP contribution is -2.09. The molecule has 0 bridgehead atoms. The summed E-state index contributed by atoms with van der Waals surface area (Å²) in [5.74, 6) is -0.389. The number of hydrogen-bond acceptors (Lipinski definition) is 4. The van der Waals surface area contributed by atoms with E-state index >= 15 is 0 Å². The Bertz CT molecular complexity index is 603. The van der Waals surface area contributed by atoms with Crippen LogP contribution in [0.4, 0.5) is 5.69 Å². The van der Waals surface area contributed by atoms with Crippen LogP contribution in [0, 0.1) is 0 Å². The summed E-state index contributed by atoms with van der Waals surface area (Å²) in [7, 11) is 0. The third-order valence-corrected chi connectivity index (χ3v) is 3.45. The molecule has 112 valence electrons. The Kier molecular flexibility index (Phi) is 4.98. The summed E-state index contributed by atoms with van der Waals surface area (Å²) >= 11 is 0. The van der Waals surface area contributed by atoms with E-state index in [0.717, 1.165) is 18.5 Å². The SMILES string of the molecule is CCC(CC)n1ccc(COC(=O)c2cccc(N)c2)n1. The van der Waals surface area contributed by atoms with Crippen LogP contribution in [0.2, 0.25) is 0 Å². The lowest BCUT2D eigenvalue weighted by atomic mass is 10.2. The highest BCUT2D eigenvalue weighted by molar-refractivity contribution is 5.90. The summed E-state index contributed by atoms with van der Waals surface area (Å²) in [6.07, 6.45) is 3.99. The second-order valence-electron chi connectivity index (χ2n) is 4.96. The van der Waals surface area contributed by atoms with Crippen LogP contribution in [0.3, 0.4) is 0 Å². The maximum atomic E-state index is 11.9. The monoisotopic (exact) mass is 287 g/mol. The summed E-state index contributed by atoms with van der Waals surface area (Å²) in [5, 5.41) is 4.45. The molecule has 0 amide bonds. The van der Waals surface area contributed by atoms with E-state index in [-0.39, 0.29) is 12.6 Å². The zero-order valence-electron chi connectivity index (χ0n) is 12.5. The highest BCUT2D eigenvalue weighted by Gasteiger charge is 2.11. The number of carbonyl (C=O) groups is 1.